The van der Waals surface area contributed by atoms with Crippen molar-refractivity contribution in [3.05, 3.63) is 108 Å². The summed E-state index contributed by atoms with van der Waals surface area (Å²) >= 11 is 0. The number of carbonyl (C=O) groups is 2. The molecule has 2 amide bonds. The van der Waals surface area contributed by atoms with E-state index in [1.807, 2.05) is 79.7 Å². The normalized spacial score (nSPS) is 13.0. The molecule has 0 radical (unpaired) electrons. The predicted octanol–water partition coefficient (Wildman–Crippen LogP) is 6.01. The molecule has 39 heavy (non-hydrogen) atoms. The van der Waals surface area contributed by atoms with Gasteiger partial charge in [0.1, 0.15) is 5.75 Å². The minimum absolute atomic E-state index is 0.176. The molecule has 198 valence electrons. The number of nitrogens with one attached hydrogen (secondary N) is 2. The number of methoxy groups -OCH3 is 1. The fourth-order valence-electron chi connectivity index (χ4n) is 4.56. The maximum atomic E-state index is 13.1. The lowest BCUT2D eigenvalue weighted by Gasteiger charge is -2.28. The second-order valence-electron chi connectivity index (χ2n) is 9.39. The Morgan fingerprint density at radius 1 is 0.769 bits per heavy atom. The van der Waals surface area contributed by atoms with Crippen LogP contribution >= 0.6 is 0 Å². The van der Waals surface area contributed by atoms with E-state index in [-0.39, 0.29) is 11.8 Å². The number of rotatable bonds is 7. The average molecular weight is 522 g/mol. The van der Waals surface area contributed by atoms with Crippen LogP contribution in [0, 0.1) is 6.92 Å². The maximum Gasteiger partial charge on any atom is 0.255 e. The van der Waals surface area contributed by atoms with Crippen molar-refractivity contribution < 1.29 is 19.1 Å². The molecule has 1 aliphatic rings. The first kappa shape index (κ1) is 26.0. The first-order valence-electron chi connectivity index (χ1n) is 12.9. The lowest BCUT2D eigenvalue weighted by molar-refractivity contribution is 0.101. The van der Waals surface area contributed by atoms with Crippen LogP contribution in [0.1, 0.15) is 26.3 Å². The van der Waals surface area contributed by atoms with E-state index < -0.39 is 0 Å². The molecule has 0 atom stereocenters. The van der Waals surface area contributed by atoms with Gasteiger partial charge in [-0.25, -0.2) is 0 Å². The van der Waals surface area contributed by atoms with Gasteiger partial charge in [0.25, 0.3) is 11.8 Å². The Morgan fingerprint density at radius 2 is 1.44 bits per heavy atom. The molecule has 0 unspecified atom stereocenters. The fraction of sp³-hybridized carbons (Fsp3) is 0.188. The highest BCUT2D eigenvalue weighted by molar-refractivity contribution is 6.06. The van der Waals surface area contributed by atoms with Gasteiger partial charge < -0.3 is 25.0 Å². The van der Waals surface area contributed by atoms with Gasteiger partial charge in [0.05, 0.1) is 20.3 Å². The van der Waals surface area contributed by atoms with Crippen LogP contribution in [0.2, 0.25) is 0 Å². The third kappa shape index (κ3) is 6.27. The number of amides is 2. The van der Waals surface area contributed by atoms with Gasteiger partial charge in [0, 0.05) is 47.3 Å². The molecule has 5 rings (SSSR count). The average Bonchev–Trinajstić information content (AvgIpc) is 2.98. The Hall–Kier alpha value is -4.62. The molecule has 1 fully saturated rings. The molecular weight excluding hydrogens is 490 g/mol. The topological polar surface area (TPSA) is 79.9 Å². The van der Waals surface area contributed by atoms with Gasteiger partial charge in [-0.05, 0) is 84.3 Å². The van der Waals surface area contributed by atoms with Crippen molar-refractivity contribution in [1.29, 1.82) is 0 Å². The zero-order valence-corrected chi connectivity index (χ0v) is 22.1. The van der Waals surface area contributed by atoms with E-state index in [0.29, 0.717) is 22.6 Å². The lowest BCUT2D eigenvalue weighted by atomic mass is 9.97. The summed E-state index contributed by atoms with van der Waals surface area (Å²) < 4.78 is 10.6. The van der Waals surface area contributed by atoms with Crippen LogP contribution in [0.3, 0.4) is 0 Å². The van der Waals surface area contributed by atoms with Crippen molar-refractivity contribution in [3.63, 3.8) is 0 Å². The Balaban J connectivity index is 1.26. The highest BCUT2D eigenvalue weighted by Gasteiger charge is 2.14. The molecule has 7 nitrogen and oxygen atoms in total. The molecule has 4 aromatic rings. The van der Waals surface area contributed by atoms with E-state index in [0.717, 1.165) is 54.4 Å². The largest absolute Gasteiger partial charge is 0.497 e. The van der Waals surface area contributed by atoms with Gasteiger partial charge in [-0.15, -0.1) is 0 Å². The van der Waals surface area contributed by atoms with Gasteiger partial charge in [-0.1, -0.05) is 24.3 Å². The number of benzene rings is 4. The van der Waals surface area contributed by atoms with Crippen LogP contribution in [0.25, 0.3) is 11.1 Å². The first-order valence-corrected chi connectivity index (χ1v) is 12.9. The van der Waals surface area contributed by atoms with E-state index in [9.17, 15) is 9.59 Å². The molecule has 1 heterocycles. The number of ether oxygens (including phenoxy) is 2. The summed E-state index contributed by atoms with van der Waals surface area (Å²) in [6, 6.07) is 28.1. The monoisotopic (exact) mass is 521 g/mol. The fourth-order valence-corrected chi connectivity index (χ4v) is 4.56. The van der Waals surface area contributed by atoms with E-state index in [2.05, 4.69) is 15.5 Å². The summed E-state index contributed by atoms with van der Waals surface area (Å²) in [6.45, 7) is 5.20. The number of aryl methyl sites for hydroxylation is 1. The number of morpholine rings is 1. The van der Waals surface area contributed by atoms with Crippen LogP contribution in [-0.2, 0) is 4.74 Å². The summed E-state index contributed by atoms with van der Waals surface area (Å²) in [6.07, 6.45) is 0. The van der Waals surface area contributed by atoms with Gasteiger partial charge in [0.15, 0.2) is 0 Å². The SMILES string of the molecule is COc1cccc(NC(=O)c2ccc(-c3cc(C(=O)Nc4ccc(N5CCOCC5)cc4)ccc3C)cc2)c1. The molecule has 1 saturated heterocycles. The van der Waals surface area contributed by atoms with E-state index in [1.54, 1.807) is 25.3 Å². The zero-order valence-electron chi connectivity index (χ0n) is 22.1. The minimum Gasteiger partial charge on any atom is -0.497 e. The smallest absolute Gasteiger partial charge is 0.255 e. The van der Waals surface area contributed by atoms with Crippen LogP contribution in [0.5, 0.6) is 5.75 Å². The van der Waals surface area contributed by atoms with Crippen molar-refractivity contribution in [2.24, 2.45) is 0 Å². The van der Waals surface area contributed by atoms with Crippen LogP contribution in [-0.4, -0.2) is 45.2 Å². The number of hydrogen-bond donors (Lipinski definition) is 2. The maximum absolute atomic E-state index is 13.1. The summed E-state index contributed by atoms with van der Waals surface area (Å²) in [5, 5.41) is 5.89. The summed E-state index contributed by atoms with van der Waals surface area (Å²) in [5.74, 6) is 0.288. The summed E-state index contributed by atoms with van der Waals surface area (Å²) in [4.78, 5) is 28.1. The zero-order chi connectivity index (χ0) is 27.2. The summed E-state index contributed by atoms with van der Waals surface area (Å²) in [5.41, 5.74) is 6.52. The molecule has 0 aliphatic carbocycles. The Kier molecular flexibility index (Phi) is 7.89. The predicted molar refractivity (Wildman–Crippen MR) is 155 cm³/mol. The number of hydrogen-bond acceptors (Lipinski definition) is 5. The van der Waals surface area contributed by atoms with Gasteiger partial charge in [0.2, 0.25) is 0 Å². The number of carbonyl (C=O) groups excluding carboxylic acids is 2. The van der Waals surface area contributed by atoms with Crippen molar-refractivity contribution in [2.45, 2.75) is 6.92 Å². The molecular formula is C32H31N3O4. The van der Waals surface area contributed by atoms with Gasteiger partial charge >= 0.3 is 0 Å². The van der Waals surface area contributed by atoms with E-state index in [4.69, 9.17) is 9.47 Å². The highest BCUT2D eigenvalue weighted by atomic mass is 16.5. The number of anilines is 3. The van der Waals surface area contributed by atoms with Crippen molar-refractivity contribution >= 4 is 28.9 Å². The Morgan fingerprint density at radius 3 is 2.15 bits per heavy atom. The van der Waals surface area contributed by atoms with Crippen LogP contribution in [0.15, 0.2) is 91.0 Å². The molecule has 7 heteroatoms. The Labute approximate surface area is 228 Å². The quantitative estimate of drug-likeness (QED) is 0.311. The van der Waals surface area contributed by atoms with E-state index in [1.165, 1.54) is 0 Å². The minimum atomic E-state index is -0.209. The molecule has 4 aromatic carbocycles. The van der Waals surface area contributed by atoms with Gasteiger partial charge in [-0.3, -0.25) is 9.59 Å². The molecule has 0 spiro atoms. The van der Waals surface area contributed by atoms with Crippen LogP contribution in [0.4, 0.5) is 17.1 Å². The molecule has 0 saturated carbocycles. The first-order chi connectivity index (χ1) is 19.0. The second kappa shape index (κ2) is 11.8. The van der Waals surface area contributed by atoms with E-state index >= 15 is 0 Å². The van der Waals surface area contributed by atoms with Crippen LogP contribution < -0.4 is 20.3 Å². The molecule has 1 aliphatic heterocycles. The standard InChI is InChI=1S/C32H31N3O4/c1-22-6-7-25(32(37)33-26-12-14-28(15-13-26)35-16-18-39-19-17-35)20-30(22)23-8-10-24(11-9-23)31(36)34-27-4-3-5-29(21-27)38-2/h3-15,20-21H,16-19H2,1-2H3,(H,33,37)(H,34,36). The van der Waals surface area contributed by atoms with Gasteiger partial charge in [-0.2, -0.15) is 0 Å². The Bertz CT molecular complexity index is 1460. The van der Waals surface area contributed by atoms with Crippen molar-refractivity contribution in [2.75, 3.05) is 48.9 Å². The molecule has 0 bridgehead atoms. The highest BCUT2D eigenvalue weighted by Crippen LogP contribution is 2.27. The summed E-state index contributed by atoms with van der Waals surface area (Å²) in [7, 11) is 1.59. The molecule has 2 N–H and O–H groups in total. The third-order valence-corrected chi connectivity index (χ3v) is 6.79. The second-order valence-corrected chi connectivity index (χ2v) is 9.39. The third-order valence-electron chi connectivity index (χ3n) is 6.79. The number of nitrogens with zero attached hydrogens (tertiary/aromatic N) is 1. The lowest BCUT2D eigenvalue weighted by Crippen LogP contribution is -2.36. The van der Waals surface area contributed by atoms with Crippen molar-refractivity contribution in [1.82, 2.24) is 0 Å². The molecule has 0 aromatic heterocycles. The van der Waals surface area contributed by atoms with Crippen molar-refractivity contribution in [3.8, 4) is 16.9 Å².